The average Bonchev–Trinajstić information content (AvgIpc) is 2.97. The van der Waals surface area contributed by atoms with Crippen molar-refractivity contribution >= 4 is 0 Å². The van der Waals surface area contributed by atoms with E-state index >= 15 is 0 Å². The highest BCUT2D eigenvalue weighted by Gasteiger charge is 2.18. The van der Waals surface area contributed by atoms with Crippen LogP contribution in [0.1, 0.15) is 29.5 Å². The van der Waals surface area contributed by atoms with Crippen molar-refractivity contribution < 1.29 is 9.47 Å². The van der Waals surface area contributed by atoms with E-state index in [1.807, 2.05) is 24.3 Å². The van der Waals surface area contributed by atoms with Gasteiger partial charge in [-0.3, -0.25) is 4.90 Å². The minimum atomic E-state index is 0.518. The Morgan fingerprint density at radius 3 is 2.03 bits per heavy atom. The molecular weight excluding hydrogens is 456 g/mol. The van der Waals surface area contributed by atoms with Gasteiger partial charge in [-0.15, -0.1) is 0 Å². The van der Waals surface area contributed by atoms with Crippen molar-refractivity contribution in [1.82, 2.24) is 10.2 Å². The van der Waals surface area contributed by atoms with Gasteiger partial charge in [0.1, 0.15) is 6.61 Å². The molecule has 0 unspecified atom stereocenters. The van der Waals surface area contributed by atoms with Gasteiger partial charge in [0, 0.05) is 19.1 Å². The molecule has 0 radical (unpaired) electrons. The molecule has 1 aliphatic heterocycles. The monoisotopic (exact) mass is 492 g/mol. The van der Waals surface area contributed by atoms with Gasteiger partial charge in [-0.1, -0.05) is 91.0 Å². The lowest BCUT2D eigenvalue weighted by molar-refractivity contribution is 0.190. The fraction of sp³-hybridized carbons (Fsp3) is 0.273. The molecular formula is C33H36N2O2. The number of hydrogen-bond donors (Lipinski definition) is 1. The van der Waals surface area contributed by atoms with Gasteiger partial charge in [-0.25, -0.2) is 0 Å². The third-order valence-electron chi connectivity index (χ3n) is 7.12. The smallest absolute Gasteiger partial charge is 0.161 e. The van der Waals surface area contributed by atoms with Gasteiger partial charge in [-0.2, -0.15) is 0 Å². The van der Waals surface area contributed by atoms with Crippen LogP contribution >= 0.6 is 0 Å². The molecule has 37 heavy (non-hydrogen) atoms. The minimum Gasteiger partial charge on any atom is -0.493 e. The van der Waals surface area contributed by atoms with Gasteiger partial charge in [0.15, 0.2) is 11.5 Å². The summed E-state index contributed by atoms with van der Waals surface area (Å²) in [6, 6.07) is 36.5. The van der Waals surface area contributed by atoms with Gasteiger partial charge < -0.3 is 14.8 Å². The van der Waals surface area contributed by atoms with E-state index in [9.17, 15) is 0 Å². The van der Waals surface area contributed by atoms with E-state index in [0.717, 1.165) is 48.8 Å². The van der Waals surface area contributed by atoms with Crippen molar-refractivity contribution in [3.63, 3.8) is 0 Å². The van der Waals surface area contributed by atoms with Crippen LogP contribution in [0.2, 0.25) is 0 Å². The number of likely N-dealkylation sites (tertiary alicyclic amines) is 1. The molecule has 0 amide bonds. The van der Waals surface area contributed by atoms with E-state index in [4.69, 9.17) is 9.47 Å². The molecule has 4 aromatic carbocycles. The van der Waals surface area contributed by atoms with Gasteiger partial charge in [0.05, 0.1) is 7.11 Å². The summed E-state index contributed by atoms with van der Waals surface area (Å²) in [4.78, 5) is 2.56. The maximum Gasteiger partial charge on any atom is 0.161 e. The summed E-state index contributed by atoms with van der Waals surface area (Å²) in [5.74, 6) is 1.50. The first-order chi connectivity index (χ1) is 18.3. The lowest BCUT2D eigenvalue weighted by atomic mass is 10.0. The van der Waals surface area contributed by atoms with Crippen LogP contribution in [0.4, 0.5) is 0 Å². The molecule has 190 valence electrons. The van der Waals surface area contributed by atoms with E-state index < -0.39 is 0 Å². The predicted octanol–water partition coefficient (Wildman–Crippen LogP) is 6.70. The number of benzene rings is 4. The maximum absolute atomic E-state index is 6.01. The van der Waals surface area contributed by atoms with Crippen molar-refractivity contribution in [1.29, 1.82) is 0 Å². The first-order valence-corrected chi connectivity index (χ1v) is 13.2. The van der Waals surface area contributed by atoms with Gasteiger partial charge in [0.25, 0.3) is 0 Å². The molecule has 4 aromatic rings. The fourth-order valence-corrected chi connectivity index (χ4v) is 4.92. The summed E-state index contributed by atoms with van der Waals surface area (Å²) in [5.41, 5.74) is 6.14. The first kappa shape index (κ1) is 25.1. The van der Waals surface area contributed by atoms with Crippen molar-refractivity contribution in [2.45, 2.75) is 38.6 Å². The summed E-state index contributed by atoms with van der Waals surface area (Å²) in [7, 11) is 1.69. The molecule has 0 spiro atoms. The Balaban J connectivity index is 1.11. The van der Waals surface area contributed by atoms with Crippen LogP contribution in [0, 0.1) is 0 Å². The lowest BCUT2D eigenvalue weighted by Gasteiger charge is -2.32. The highest BCUT2D eigenvalue weighted by Crippen LogP contribution is 2.33. The standard InChI is InChI=1S/C33H36N2O2/c1-36-33-22-30(16-17-32(33)37-25-28-10-6-3-7-11-28)29-14-12-26(13-15-29)23-34-31-18-20-35(21-19-31)24-27-8-4-2-5-9-27/h2-17,22,31,34H,18-21,23-25H2,1H3. The van der Waals surface area contributed by atoms with Gasteiger partial charge in [-0.05, 0) is 65.9 Å². The largest absolute Gasteiger partial charge is 0.493 e. The van der Waals surface area contributed by atoms with Crippen LogP contribution in [0.5, 0.6) is 11.5 Å². The molecule has 0 aromatic heterocycles. The summed E-state index contributed by atoms with van der Waals surface area (Å²) >= 11 is 0. The van der Waals surface area contributed by atoms with Crippen LogP contribution in [0.25, 0.3) is 11.1 Å². The number of hydrogen-bond acceptors (Lipinski definition) is 4. The third kappa shape index (κ3) is 7.00. The van der Waals surface area contributed by atoms with Crippen molar-refractivity contribution in [2.24, 2.45) is 0 Å². The molecule has 0 saturated carbocycles. The van der Waals surface area contributed by atoms with E-state index in [-0.39, 0.29) is 0 Å². The average molecular weight is 493 g/mol. The summed E-state index contributed by atoms with van der Waals surface area (Å²) in [6.45, 7) is 4.78. The van der Waals surface area contributed by atoms with Crippen LogP contribution < -0.4 is 14.8 Å². The van der Waals surface area contributed by atoms with Crippen molar-refractivity contribution in [2.75, 3.05) is 20.2 Å². The van der Waals surface area contributed by atoms with E-state index in [1.54, 1.807) is 7.11 Å². The molecule has 4 nitrogen and oxygen atoms in total. The van der Waals surface area contributed by atoms with Gasteiger partial charge >= 0.3 is 0 Å². The topological polar surface area (TPSA) is 33.7 Å². The summed E-state index contributed by atoms with van der Waals surface area (Å²) < 4.78 is 11.6. The van der Waals surface area contributed by atoms with Crippen molar-refractivity contribution in [3.05, 3.63) is 120 Å². The Bertz CT molecular complexity index is 1230. The second kappa shape index (κ2) is 12.6. The number of ether oxygens (including phenoxy) is 2. The van der Waals surface area contributed by atoms with Crippen LogP contribution in [-0.4, -0.2) is 31.1 Å². The molecule has 1 fully saturated rings. The zero-order valence-electron chi connectivity index (χ0n) is 21.6. The zero-order valence-corrected chi connectivity index (χ0v) is 21.6. The Morgan fingerprint density at radius 1 is 0.703 bits per heavy atom. The highest BCUT2D eigenvalue weighted by atomic mass is 16.5. The number of methoxy groups -OCH3 is 1. The SMILES string of the molecule is COc1cc(-c2ccc(CNC3CCN(Cc4ccccc4)CC3)cc2)ccc1OCc1ccccc1. The molecule has 4 heteroatoms. The van der Waals surface area contributed by atoms with Crippen LogP contribution in [0.3, 0.4) is 0 Å². The molecule has 0 atom stereocenters. The maximum atomic E-state index is 6.01. The fourth-order valence-electron chi connectivity index (χ4n) is 4.92. The predicted molar refractivity (Wildman–Crippen MR) is 151 cm³/mol. The van der Waals surface area contributed by atoms with Gasteiger partial charge in [0.2, 0.25) is 0 Å². The van der Waals surface area contributed by atoms with E-state index in [2.05, 4.69) is 89.1 Å². The number of nitrogens with one attached hydrogen (secondary N) is 1. The van der Waals surface area contributed by atoms with E-state index in [0.29, 0.717) is 12.6 Å². The first-order valence-electron chi connectivity index (χ1n) is 13.2. The van der Waals surface area contributed by atoms with Crippen LogP contribution in [0.15, 0.2) is 103 Å². The molecule has 1 N–H and O–H groups in total. The number of piperidine rings is 1. The number of rotatable bonds is 10. The molecule has 1 aliphatic rings. The molecule has 0 bridgehead atoms. The Kier molecular flexibility index (Phi) is 8.52. The lowest BCUT2D eigenvalue weighted by Crippen LogP contribution is -2.41. The third-order valence-corrected chi connectivity index (χ3v) is 7.12. The van der Waals surface area contributed by atoms with Crippen LogP contribution in [-0.2, 0) is 19.7 Å². The quantitative estimate of drug-likeness (QED) is 0.267. The summed E-state index contributed by atoms with van der Waals surface area (Å²) in [6.07, 6.45) is 2.40. The number of nitrogens with zero attached hydrogens (tertiary/aromatic N) is 1. The Labute approximate surface area is 220 Å². The van der Waals surface area contributed by atoms with Crippen molar-refractivity contribution in [3.8, 4) is 22.6 Å². The molecule has 1 heterocycles. The second-order valence-electron chi connectivity index (χ2n) is 9.75. The zero-order chi connectivity index (χ0) is 25.3. The molecule has 5 rings (SSSR count). The Hall–Kier alpha value is -3.60. The normalized spacial score (nSPS) is 14.4. The minimum absolute atomic E-state index is 0.518. The molecule has 1 saturated heterocycles. The summed E-state index contributed by atoms with van der Waals surface area (Å²) in [5, 5.41) is 3.77. The Morgan fingerprint density at radius 2 is 1.35 bits per heavy atom. The molecule has 0 aliphatic carbocycles. The second-order valence-corrected chi connectivity index (χ2v) is 9.75. The van der Waals surface area contributed by atoms with E-state index in [1.165, 1.54) is 29.5 Å². The highest BCUT2D eigenvalue weighted by molar-refractivity contribution is 5.67.